The summed E-state index contributed by atoms with van der Waals surface area (Å²) < 4.78 is 6.95. The first-order valence-corrected chi connectivity index (χ1v) is 12.7. The molecule has 35 heavy (non-hydrogen) atoms. The zero-order valence-corrected chi connectivity index (χ0v) is 21.1. The van der Waals surface area contributed by atoms with Crippen molar-refractivity contribution in [3.63, 3.8) is 0 Å². The van der Waals surface area contributed by atoms with Gasteiger partial charge in [0, 0.05) is 24.7 Å². The van der Waals surface area contributed by atoms with Crippen LogP contribution >= 0.6 is 11.6 Å². The molecule has 7 nitrogen and oxygen atoms in total. The molecular formula is C27H33ClN4O3. The number of hydrogen-bond donors (Lipinski definition) is 1. The van der Waals surface area contributed by atoms with Crippen LogP contribution in [0.25, 0.3) is 16.6 Å². The van der Waals surface area contributed by atoms with Crippen LogP contribution in [0, 0.1) is 0 Å². The lowest BCUT2D eigenvalue weighted by Crippen LogP contribution is -2.49. The Morgan fingerprint density at radius 1 is 1.17 bits per heavy atom. The fourth-order valence-electron chi connectivity index (χ4n) is 4.85. The predicted molar refractivity (Wildman–Crippen MR) is 139 cm³/mol. The minimum Gasteiger partial charge on any atom is -0.383 e. The van der Waals surface area contributed by atoms with Gasteiger partial charge in [-0.05, 0) is 55.7 Å². The van der Waals surface area contributed by atoms with Crippen LogP contribution in [-0.2, 0) is 4.74 Å². The van der Waals surface area contributed by atoms with E-state index in [4.69, 9.17) is 21.3 Å². The largest absolute Gasteiger partial charge is 0.383 e. The van der Waals surface area contributed by atoms with Gasteiger partial charge in [-0.3, -0.25) is 9.36 Å². The van der Waals surface area contributed by atoms with Gasteiger partial charge in [-0.2, -0.15) is 0 Å². The fourth-order valence-corrected chi connectivity index (χ4v) is 4.97. The van der Waals surface area contributed by atoms with E-state index in [-0.39, 0.29) is 17.6 Å². The van der Waals surface area contributed by atoms with Crippen molar-refractivity contribution in [3.05, 3.63) is 69.7 Å². The van der Waals surface area contributed by atoms with Crippen molar-refractivity contribution in [1.82, 2.24) is 19.8 Å². The summed E-state index contributed by atoms with van der Waals surface area (Å²) in [5.74, 6) is 0.522. The molecule has 1 aliphatic carbocycles. The molecule has 3 aromatic rings. The molecule has 2 amide bonds. The molecule has 1 N–H and O–H groups in total. The first-order chi connectivity index (χ1) is 17.0. The second-order valence-electron chi connectivity index (χ2n) is 9.00. The average molecular weight is 497 g/mol. The number of methoxy groups -OCH3 is 1. The molecule has 1 fully saturated rings. The van der Waals surface area contributed by atoms with E-state index in [1.807, 2.05) is 25.1 Å². The standard InChI is InChI=1S/C27H33ClN4O3/c1-3-24(31(17-18-35-2)27(34)29-20-9-5-4-6-10-20)25-30-23-12-8-7-11-22(23)26(33)32(25)21-15-13-19(28)14-16-21/h7-8,11-16,20,24H,3-6,9-10,17-18H2,1-2H3,(H,29,34). The van der Waals surface area contributed by atoms with Gasteiger partial charge in [0.15, 0.2) is 0 Å². The van der Waals surface area contributed by atoms with Crippen molar-refractivity contribution in [3.8, 4) is 5.69 Å². The highest BCUT2D eigenvalue weighted by Gasteiger charge is 2.30. The highest BCUT2D eigenvalue weighted by molar-refractivity contribution is 6.30. The van der Waals surface area contributed by atoms with Gasteiger partial charge in [0.05, 0.1) is 29.2 Å². The predicted octanol–water partition coefficient (Wildman–Crippen LogP) is 5.48. The molecule has 0 radical (unpaired) electrons. The number of para-hydroxylation sites is 1. The van der Waals surface area contributed by atoms with Gasteiger partial charge in [0.25, 0.3) is 5.56 Å². The van der Waals surface area contributed by atoms with Crippen LogP contribution in [0.5, 0.6) is 0 Å². The van der Waals surface area contributed by atoms with Crippen LogP contribution in [0.1, 0.15) is 57.3 Å². The monoisotopic (exact) mass is 496 g/mol. The van der Waals surface area contributed by atoms with Crippen LogP contribution in [-0.4, -0.2) is 46.8 Å². The molecule has 0 spiro atoms. The molecule has 1 heterocycles. The highest BCUT2D eigenvalue weighted by atomic mass is 35.5. The molecule has 0 aliphatic heterocycles. The van der Waals surface area contributed by atoms with Crippen LogP contribution in [0.4, 0.5) is 4.79 Å². The topological polar surface area (TPSA) is 76.5 Å². The normalized spacial score (nSPS) is 15.2. The van der Waals surface area contributed by atoms with E-state index in [0.717, 1.165) is 25.7 Å². The maximum Gasteiger partial charge on any atom is 0.318 e. The van der Waals surface area contributed by atoms with Crippen molar-refractivity contribution in [2.45, 2.75) is 57.5 Å². The van der Waals surface area contributed by atoms with Crippen molar-refractivity contribution in [1.29, 1.82) is 0 Å². The number of nitrogens with zero attached hydrogens (tertiary/aromatic N) is 3. The van der Waals surface area contributed by atoms with Crippen molar-refractivity contribution < 1.29 is 9.53 Å². The minimum atomic E-state index is -0.429. The number of rotatable bonds is 8. The molecule has 186 valence electrons. The molecule has 0 saturated heterocycles. The second-order valence-corrected chi connectivity index (χ2v) is 9.44. The highest BCUT2D eigenvalue weighted by Crippen LogP contribution is 2.27. The van der Waals surface area contributed by atoms with Gasteiger partial charge in [0.1, 0.15) is 5.82 Å². The molecule has 8 heteroatoms. The maximum absolute atomic E-state index is 13.7. The number of hydrogen-bond acceptors (Lipinski definition) is 4. The molecule has 0 bridgehead atoms. The Bertz CT molecular complexity index is 1210. The van der Waals surface area contributed by atoms with E-state index in [0.29, 0.717) is 47.0 Å². The average Bonchev–Trinajstić information content (AvgIpc) is 2.88. The molecule has 1 unspecified atom stereocenters. The number of amides is 2. The quantitative estimate of drug-likeness (QED) is 0.448. The van der Waals surface area contributed by atoms with E-state index in [1.165, 1.54) is 6.42 Å². The van der Waals surface area contributed by atoms with Crippen molar-refractivity contribution in [2.24, 2.45) is 0 Å². The molecule has 1 atom stereocenters. The van der Waals surface area contributed by atoms with Crippen LogP contribution in [0.15, 0.2) is 53.3 Å². The number of urea groups is 1. The first kappa shape index (κ1) is 25.2. The number of carbonyl (C=O) groups excluding carboxylic acids is 1. The van der Waals surface area contributed by atoms with E-state index in [2.05, 4.69) is 5.32 Å². The smallest absolute Gasteiger partial charge is 0.318 e. The summed E-state index contributed by atoms with van der Waals surface area (Å²) in [6, 6.07) is 14.0. The molecule has 2 aromatic carbocycles. The Morgan fingerprint density at radius 3 is 2.57 bits per heavy atom. The summed E-state index contributed by atoms with van der Waals surface area (Å²) in [7, 11) is 1.62. The lowest BCUT2D eigenvalue weighted by Gasteiger charge is -2.34. The maximum atomic E-state index is 13.7. The van der Waals surface area contributed by atoms with Crippen LogP contribution in [0.2, 0.25) is 5.02 Å². The zero-order chi connectivity index (χ0) is 24.8. The summed E-state index contributed by atoms with van der Waals surface area (Å²) in [5.41, 5.74) is 1.09. The van der Waals surface area contributed by atoms with Gasteiger partial charge in [-0.25, -0.2) is 9.78 Å². The van der Waals surface area contributed by atoms with Crippen molar-refractivity contribution in [2.75, 3.05) is 20.3 Å². The zero-order valence-electron chi connectivity index (χ0n) is 20.4. The summed E-state index contributed by atoms with van der Waals surface area (Å²) in [6.07, 6.45) is 6.03. The molecule has 4 rings (SSSR count). The fraction of sp³-hybridized carbons (Fsp3) is 0.444. The Morgan fingerprint density at radius 2 is 1.89 bits per heavy atom. The van der Waals surface area contributed by atoms with Gasteiger partial charge in [0.2, 0.25) is 0 Å². The summed E-state index contributed by atoms with van der Waals surface area (Å²) in [4.78, 5) is 34.0. The minimum absolute atomic E-state index is 0.147. The summed E-state index contributed by atoms with van der Waals surface area (Å²) in [5, 5.41) is 4.34. The van der Waals surface area contributed by atoms with Gasteiger partial charge < -0.3 is 15.0 Å². The number of aromatic nitrogens is 2. The summed E-state index contributed by atoms with van der Waals surface area (Å²) >= 11 is 6.13. The SMILES string of the molecule is CCC(c1nc2ccccc2c(=O)n1-c1ccc(Cl)cc1)N(CCOC)C(=O)NC1CCCCC1. The molecular weight excluding hydrogens is 464 g/mol. The van der Waals surface area contributed by atoms with Crippen molar-refractivity contribution >= 4 is 28.5 Å². The third kappa shape index (κ3) is 5.68. The van der Waals surface area contributed by atoms with E-state index < -0.39 is 6.04 Å². The summed E-state index contributed by atoms with van der Waals surface area (Å²) in [6.45, 7) is 2.77. The second kappa shape index (κ2) is 11.7. The number of fused-ring (bicyclic) bond motifs is 1. The number of benzene rings is 2. The Kier molecular flexibility index (Phi) is 8.42. The molecule has 1 saturated carbocycles. The van der Waals surface area contributed by atoms with E-state index >= 15 is 0 Å². The third-order valence-electron chi connectivity index (χ3n) is 6.68. The first-order valence-electron chi connectivity index (χ1n) is 12.4. The number of halogens is 1. The Balaban J connectivity index is 1.82. The van der Waals surface area contributed by atoms with Gasteiger partial charge in [-0.1, -0.05) is 49.9 Å². The van der Waals surface area contributed by atoms with Gasteiger partial charge in [-0.15, -0.1) is 0 Å². The number of nitrogens with one attached hydrogen (secondary N) is 1. The molecule has 1 aliphatic rings. The van der Waals surface area contributed by atoms with E-state index in [1.54, 1.807) is 46.9 Å². The molecule has 1 aromatic heterocycles. The third-order valence-corrected chi connectivity index (χ3v) is 6.93. The lowest BCUT2D eigenvalue weighted by molar-refractivity contribution is 0.121. The Labute approximate surface area is 211 Å². The Hall–Kier alpha value is -2.90. The van der Waals surface area contributed by atoms with Crippen LogP contribution in [0.3, 0.4) is 0 Å². The van der Waals surface area contributed by atoms with Gasteiger partial charge >= 0.3 is 6.03 Å². The lowest BCUT2D eigenvalue weighted by atomic mass is 9.96. The van der Waals surface area contributed by atoms with Crippen LogP contribution < -0.4 is 10.9 Å². The van der Waals surface area contributed by atoms with E-state index in [9.17, 15) is 9.59 Å². The number of carbonyl (C=O) groups is 1. The number of ether oxygens (including phenoxy) is 1.